The van der Waals surface area contributed by atoms with Crippen molar-refractivity contribution in [1.82, 2.24) is 9.96 Å². The molecular weight excluding hydrogens is 460 g/mol. The Morgan fingerprint density at radius 3 is 1.49 bits per heavy atom. The van der Waals surface area contributed by atoms with Gasteiger partial charge in [-0.2, -0.15) is 0 Å². The summed E-state index contributed by atoms with van der Waals surface area (Å²) in [6, 6.07) is 18.3. The molecular formula is C31H50N4O2+2. The zero-order valence-electron chi connectivity index (χ0n) is 24.3. The van der Waals surface area contributed by atoms with Crippen LogP contribution in [0.3, 0.4) is 0 Å². The van der Waals surface area contributed by atoms with E-state index in [2.05, 4.69) is 95.7 Å². The molecule has 2 heterocycles. The van der Waals surface area contributed by atoms with E-state index >= 15 is 0 Å². The monoisotopic (exact) mass is 510 g/mol. The second kappa shape index (κ2) is 10.1. The largest absolute Gasteiger partial charge is 0.497 e. The fraction of sp³-hybridized carbons (Fsp3) is 0.548. The SMILES string of the molecule is C.COc1ccc(C2=[N+](C)C(C)(C)C(C)(C)N2C)cc1.C[N+]1=C(c2ccccc2)N(O)C(C)(C)C1(C)C. The van der Waals surface area contributed by atoms with Crippen LogP contribution in [0.1, 0.15) is 73.9 Å². The summed E-state index contributed by atoms with van der Waals surface area (Å²) in [6.07, 6.45) is 0. The first-order valence-electron chi connectivity index (χ1n) is 12.7. The van der Waals surface area contributed by atoms with Gasteiger partial charge in [0.25, 0.3) is 5.84 Å². The number of likely N-dealkylation sites (N-methyl/N-ethyl adjacent to an activating group) is 3. The highest BCUT2D eigenvalue weighted by atomic mass is 16.5. The zero-order chi connectivity index (χ0) is 27.3. The van der Waals surface area contributed by atoms with Crippen LogP contribution in [0.5, 0.6) is 5.75 Å². The van der Waals surface area contributed by atoms with Gasteiger partial charge >= 0.3 is 5.84 Å². The van der Waals surface area contributed by atoms with Crippen LogP contribution >= 0.6 is 0 Å². The van der Waals surface area contributed by atoms with Crippen molar-refractivity contribution in [2.75, 3.05) is 28.3 Å². The molecule has 0 aliphatic carbocycles. The number of hydrogen-bond acceptors (Lipinski definition) is 4. The van der Waals surface area contributed by atoms with Crippen molar-refractivity contribution < 1.29 is 19.1 Å². The standard InChI is InChI=1S/C16H25N2O.C14H21N2O.CH4/c1-15(2)16(3,4)18(6)14(17(15)5)12-8-10-13(19-7)11-9-12;1-13(2)14(3,4)16(17)12(15(13)5)11-9-7-6-8-10-11;/h8-11H,1-7H3;6-10,17H,1-5H3;1H4/q2*+1;. The molecule has 2 aromatic rings. The first-order valence-corrected chi connectivity index (χ1v) is 12.7. The van der Waals surface area contributed by atoms with E-state index in [9.17, 15) is 5.21 Å². The van der Waals surface area contributed by atoms with Crippen molar-refractivity contribution in [3.05, 3.63) is 65.7 Å². The van der Waals surface area contributed by atoms with Gasteiger partial charge in [-0.05, 0) is 91.8 Å². The minimum atomic E-state index is -0.326. The Kier molecular flexibility index (Phi) is 8.31. The van der Waals surface area contributed by atoms with Gasteiger partial charge < -0.3 is 4.74 Å². The molecule has 4 rings (SSSR count). The van der Waals surface area contributed by atoms with Crippen molar-refractivity contribution in [2.45, 2.75) is 85.0 Å². The van der Waals surface area contributed by atoms with Crippen molar-refractivity contribution >= 4 is 11.7 Å². The number of amidine groups is 2. The highest BCUT2D eigenvalue weighted by Gasteiger charge is 2.59. The predicted octanol–water partition coefficient (Wildman–Crippen LogP) is 5.56. The number of ether oxygens (including phenoxy) is 1. The molecule has 0 atom stereocenters. The highest BCUT2D eigenvalue weighted by Crippen LogP contribution is 2.37. The summed E-state index contributed by atoms with van der Waals surface area (Å²) in [5.74, 6) is 3.02. The molecule has 0 saturated heterocycles. The van der Waals surface area contributed by atoms with Crippen molar-refractivity contribution in [3.63, 3.8) is 0 Å². The molecule has 0 fully saturated rings. The van der Waals surface area contributed by atoms with Gasteiger partial charge in [-0.1, -0.05) is 25.6 Å². The van der Waals surface area contributed by atoms with E-state index < -0.39 is 0 Å². The van der Waals surface area contributed by atoms with E-state index in [1.54, 1.807) is 7.11 Å². The van der Waals surface area contributed by atoms with Gasteiger partial charge in [0.15, 0.2) is 5.54 Å². The molecule has 0 radical (unpaired) electrons. The summed E-state index contributed by atoms with van der Waals surface area (Å²) in [7, 11) is 8.07. The molecule has 0 amide bonds. The molecule has 0 bridgehead atoms. The predicted molar refractivity (Wildman–Crippen MR) is 154 cm³/mol. The highest BCUT2D eigenvalue weighted by molar-refractivity contribution is 5.97. The fourth-order valence-corrected chi connectivity index (χ4v) is 4.95. The summed E-state index contributed by atoms with van der Waals surface area (Å²) in [6.45, 7) is 17.6. The second-order valence-corrected chi connectivity index (χ2v) is 12.0. The Hall–Kier alpha value is -2.86. The van der Waals surface area contributed by atoms with Crippen molar-refractivity contribution in [3.8, 4) is 5.75 Å². The van der Waals surface area contributed by atoms with Gasteiger partial charge in [0, 0.05) is 0 Å². The van der Waals surface area contributed by atoms with E-state index in [1.165, 1.54) is 16.5 Å². The number of benzene rings is 2. The van der Waals surface area contributed by atoms with Crippen molar-refractivity contribution in [1.29, 1.82) is 0 Å². The van der Waals surface area contributed by atoms with Gasteiger partial charge in [0.05, 0.1) is 39.4 Å². The maximum Gasteiger partial charge on any atom is 0.310 e. The Morgan fingerprint density at radius 2 is 1.11 bits per heavy atom. The fourth-order valence-electron chi connectivity index (χ4n) is 4.95. The molecule has 0 saturated carbocycles. The van der Waals surface area contributed by atoms with E-state index in [-0.39, 0.29) is 29.6 Å². The van der Waals surface area contributed by atoms with Crippen LogP contribution in [0.4, 0.5) is 0 Å². The third-order valence-electron chi connectivity index (χ3n) is 9.57. The minimum Gasteiger partial charge on any atom is -0.497 e. The summed E-state index contributed by atoms with van der Waals surface area (Å²) in [4.78, 5) is 2.37. The molecule has 2 aliphatic heterocycles. The van der Waals surface area contributed by atoms with Crippen LogP contribution in [0.25, 0.3) is 0 Å². The van der Waals surface area contributed by atoms with Gasteiger partial charge in [0.1, 0.15) is 22.4 Å². The lowest BCUT2D eigenvalue weighted by Crippen LogP contribution is -2.53. The smallest absolute Gasteiger partial charge is 0.310 e. The van der Waals surface area contributed by atoms with E-state index in [0.717, 1.165) is 17.1 Å². The van der Waals surface area contributed by atoms with Gasteiger partial charge in [-0.25, -0.2) is 5.21 Å². The van der Waals surface area contributed by atoms with Crippen LogP contribution in [-0.4, -0.2) is 86.4 Å². The molecule has 2 aromatic carbocycles. The lowest BCUT2D eigenvalue weighted by Gasteiger charge is -2.34. The first kappa shape index (κ1) is 30.4. The summed E-state index contributed by atoms with van der Waals surface area (Å²) >= 11 is 0. The lowest BCUT2D eigenvalue weighted by atomic mass is 9.83. The maximum atomic E-state index is 10.4. The number of hydrogen-bond donors (Lipinski definition) is 1. The maximum absolute atomic E-state index is 10.4. The Labute approximate surface area is 225 Å². The van der Waals surface area contributed by atoms with Crippen LogP contribution < -0.4 is 4.74 Å². The van der Waals surface area contributed by atoms with Crippen LogP contribution in [-0.2, 0) is 0 Å². The molecule has 1 N–H and O–H groups in total. The number of methoxy groups -OCH3 is 1. The molecule has 0 aromatic heterocycles. The third kappa shape index (κ3) is 4.65. The second-order valence-electron chi connectivity index (χ2n) is 12.0. The number of hydroxylamine groups is 2. The molecule has 6 nitrogen and oxygen atoms in total. The van der Waals surface area contributed by atoms with Crippen molar-refractivity contribution in [2.24, 2.45) is 0 Å². The van der Waals surface area contributed by atoms with Crippen LogP contribution in [0.15, 0.2) is 54.6 Å². The minimum absolute atomic E-state index is 0. The molecule has 0 unspecified atom stereocenters. The molecule has 37 heavy (non-hydrogen) atoms. The molecule has 2 aliphatic rings. The Bertz CT molecular complexity index is 1160. The van der Waals surface area contributed by atoms with E-state index in [1.807, 2.05) is 49.5 Å². The van der Waals surface area contributed by atoms with E-state index in [4.69, 9.17) is 4.74 Å². The summed E-state index contributed by atoms with van der Waals surface area (Å²) in [5, 5.41) is 11.8. The van der Waals surface area contributed by atoms with Gasteiger partial charge in [0.2, 0.25) is 0 Å². The van der Waals surface area contributed by atoms with E-state index in [0.29, 0.717) is 0 Å². The van der Waals surface area contributed by atoms with Gasteiger partial charge in [-0.3, -0.25) is 14.1 Å². The van der Waals surface area contributed by atoms with Gasteiger partial charge in [-0.15, -0.1) is 5.06 Å². The third-order valence-corrected chi connectivity index (χ3v) is 9.57. The number of rotatable bonds is 3. The lowest BCUT2D eigenvalue weighted by molar-refractivity contribution is -0.573. The van der Waals surface area contributed by atoms with Crippen LogP contribution in [0, 0.1) is 0 Å². The van der Waals surface area contributed by atoms with Crippen LogP contribution in [0.2, 0.25) is 0 Å². The summed E-state index contributed by atoms with van der Waals surface area (Å²) < 4.78 is 9.74. The average Bonchev–Trinajstić information content (AvgIpc) is 3.04. The normalized spacial score (nSPS) is 20.9. The summed E-state index contributed by atoms with van der Waals surface area (Å²) in [5.41, 5.74) is 1.97. The number of nitrogens with zero attached hydrogens (tertiary/aromatic N) is 4. The first-order chi connectivity index (χ1) is 16.5. The topological polar surface area (TPSA) is 42.0 Å². The Balaban J connectivity index is 0.000000255. The Morgan fingerprint density at radius 1 is 0.676 bits per heavy atom. The molecule has 204 valence electrons. The average molecular weight is 511 g/mol. The zero-order valence-corrected chi connectivity index (χ0v) is 24.3. The molecule has 6 heteroatoms. The molecule has 0 spiro atoms. The quantitative estimate of drug-likeness (QED) is 0.549.